The summed E-state index contributed by atoms with van der Waals surface area (Å²) in [5, 5.41) is 4.85. The smallest absolute Gasteiger partial charge is 0.123 e. The number of benzene rings is 1. The van der Waals surface area contributed by atoms with Crippen LogP contribution in [0.15, 0.2) is 24.4 Å². The first-order chi connectivity index (χ1) is 8.15. The molecule has 0 unspecified atom stereocenters. The summed E-state index contributed by atoms with van der Waals surface area (Å²) in [6, 6.07) is 4.39. The van der Waals surface area contributed by atoms with Crippen LogP contribution in [-0.2, 0) is 13.1 Å². The van der Waals surface area contributed by atoms with Crippen LogP contribution in [0.5, 0.6) is 0 Å². The van der Waals surface area contributed by atoms with Gasteiger partial charge in [0.05, 0.1) is 5.01 Å². The maximum Gasteiger partial charge on any atom is 0.123 e. The van der Waals surface area contributed by atoms with E-state index in [4.69, 9.17) is 11.6 Å². The molecule has 2 nitrogen and oxygen atoms in total. The van der Waals surface area contributed by atoms with Gasteiger partial charge in [0.15, 0.2) is 0 Å². The van der Waals surface area contributed by atoms with E-state index >= 15 is 0 Å². The number of rotatable bonds is 4. The third-order valence-electron chi connectivity index (χ3n) is 2.29. The van der Waals surface area contributed by atoms with Gasteiger partial charge < -0.3 is 5.32 Å². The molecule has 17 heavy (non-hydrogen) atoms. The van der Waals surface area contributed by atoms with Crippen LogP contribution in [0.3, 0.4) is 0 Å². The molecule has 0 aliphatic carbocycles. The molecule has 0 amide bonds. The van der Waals surface area contributed by atoms with Crippen molar-refractivity contribution in [2.24, 2.45) is 0 Å². The van der Waals surface area contributed by atoms with Gasteiger partial charge in [0.1, 0.15) is 5.82 Å². The zero-order valence-electron chi connectivity index (χ0n) is 9.34. The summed E-state index contributed by atoms with van der Waals surface area (Å²) in [4.78, 5) is 5.33. The van der Waals surface area contributed by atoms with E-state index in [2.05, 4.69) is 10.3 Å². The molecule has 0 radical (unpaired) electrons. The first-order valence-corrected chi connectivity index (χ1v) is 6.40. The van der Waals surface area contributed by atoms with Crippen LogP contribution in [0.2, 0.25) is 5.02 Å². The lowest BCUT2D eigenvalue weighted by atomic mass is 10.2. The van der Waals surface area contributed by atoms with Gasteiger partial charge in [-0.1, -0.05) is 11.6 Å². The molecule has 0 atom stereocenters. The van der Waals surface area contributed by atoms with Crippen molar-refractivity contribution in [1.29, 1.82) is 0 Å². The third-order valence-corrected chi connectivity index (χ3v) is 3.57. The average molecular weight is 271 g/mol. The molecule has 1 heterocycles. The lowest BCUT2D eigenvalue weighted by Crippen LogP contribution is -2.12. The summed E-state index contributed by atoms with van der Waals surface area (Å²) in [5.41, 5.74) is 0.771. The van der Waals surface area contributed by atoms with E-state index in [1.54, 1.807) is 17.4 Å². The molecule has 1 aromatic carbocycles. The van der Waals surface area contributed by atoms with Crippen molar-refractivity contribution in [2.45, 2.75) is 20.0 Å². The molecule has 0 fully saturated rings. The maximum atomic E-state index is 13.0. The Balaban J connectivity index is 1.91. The van der Waals surface area contributed by atoms with Gasteiger partial charge in [-0.05, 0) is 30.7 Å². The highest BCUT2D eigenvalue weighted by molar-refractivity contribution is 7.11. The Labute approximate surface area is 108 Å². The highest BCUT2D eigenvalue weighted by atomic mass is 35.5. The van der Waals surface area contributed by atoms with Crippen LogP contribution in [0.1, 0.15) is 15.4 Å². The van der Waals surface area contributed by atoms with Crippen LogP contribution in [0.4, 0.5) is 4.39 Å². The molecule has 1 N–H and O–H groups in total. The molecule has 0 spiro atoms. The minimum absolute atomic E-state index is 0.264. The quantitative estimate of drug-likeness (QED) is 0.919. The summed E-state index contributed by atoms with van der Waals surface area (Å²) >= 11 is 7.62. The Morgan fingerprint density at radius 1 is 1.41 bits per heavy atom. The maximum absolute atomic E-state index is 13.0. The van der Waals surface area contributed by atoms with Crippen molar-refractivity contribution in [2.75, 3.05) is 0 Å². The number of aromatic nitrogens is 1. The van der Waals surface area contributed by atoms with Gasteiger partial charge in [0.2, 0.25) is 0 Å². The number of nitrogens with zero attached hydrogens (tertiary/aromatic N) is 1. The minimum atomic E-state index is -0.264. The van der Waals surface area contributed by atoms with Crippen molar-refractivity contribution in [1.82, 2.24) is 10.3 Å². The fourth-order valence-electron chi connectivity index (χ4n) is 1.49. The minimum Gasteiger partial charge on any atom is -0.308 e. The second-order valence-electron chi connectivity index (χ2n) is 3.68. The molecule has 5 heteroatoms. The lowest BCUT2D eigenvalue weighted by molar-refractivity contribution is 0.620. The molecular weight excluding hydrogens is 259 g/mol. The molecule has 0 bridgehead atoms. The highest BCUT2D eigenvalue weighted by Crippen LogP contribution is 2.17. The van der Waals surface area contributed by atoms with E-state index in [1.165, 1.54) is 12.1 Å². The molecule has 0 saturated heterocycles. The highest BCUT2D eigenvalue weighted by Gasteiger charge is 2.03. The topological polar surface area (TPSA) is 24.9 Å². The number of thiazole rings is 1. The molecule has 2 aromatic rings. The Morgan fingerprint density at radius 3 is 2.94 bits per heavy atom. The molecule has 0 saturated carbocycles. The van der Waals surface area contributed by atoms with Crippen molar-refractivity contribution < 1.29 is 4.39 Å². The van der Waals surface area contributed by atoms with Gasteiger partial charge in [-0.15, -0.1) is 11.3 Å². The Hall–Kier alpha value is -0.970. The van der Waals surface area contributed by atoms with Crippen LogP contribution in [0, 0.1) is 12.7 Å². The number of nitrogens with one attached hydrogen (secondary N) is 1. The SMILES string of the molecule is Cc1ncc(CNCc2cc(F)ccc2Cl)s1. The largest absolute Gasteiger partial charge is 0.308 e. The molecule has 0 aliphatic heterocycles. The molecule has 2 rings (SSSR count). The monoisotopic (exact) mass is 270 g/mol. The second kappa shape index (κ2) is 5.58. The van der Waals surface area contributed by atoms with Gasteiger partial charge in [0.25, 0.3) is 0 Å². The summed E-state index contributed by atoms with van der Waals surface area (Å²) < 4.78 is 13.0. The Morgan fingerprint density at radius 2 is 2.24 bits per heavy atom. The van der Waals surface area contributed by atoms with Crippen molar-refractivity contribution in [3.05, 3.63) is 50.7 Å². The van der Waals surface area contributed by atoms with Crippen LogP contribution >= 0.6 is 22.9 Å². The number of hydrogen-bond acceptors (Lipinski definition) is 3. The van der Waals surface area contributed by atoms with Crippen LogP contribution in [0.25, 0.3) is 0 Å². The van der Waals surface area contributed by atoms with Gasteiger partial charge in [-0.25, -0.2) is 9.37 Å². The van der Waals surface area contributed by atoms with E-state index in [9.17, 15) is 4.39 Å². The lowest BCUT2D eigenvalue weighted by Gasteiger charge is -2.05. The van der Waals surface area contributed by atoms with Crippen molar-refractivity contribution >= 4 is 22.9 Å². The zero-order chi connectivity index (χ0) is 12.3. The van der Waals surface area contributed by atoms with E-state index in [-0.39, 0.29) is 5.82 Å². The van der Waals surface area contributed by atoms with Crippen LogP contribution < -0.4 is 5.32 Å². The van der Waals surface area contributed by atoms with Crippen molar-refractivity contribution in [3.8, 4) is 0 Å². The normalized spacial score (nSPS) is 10.8. The van der Waals surface area contributed by atoms with E-state index in [1.807, 2.05) is 13.1 Å². The summed E-state index contributed by atoms with van der Waals surface area (Å²) in [5.74, 6) is -0.264. The Kier molecular flexibility index (Phi) is 4.10. The molecule has 90 valence electrons. The van der Waals surface area contributed by atoms with Gasteiger partial charge >= 0.3 is 0 Å². The molecule has 1 aromatic heterocycles. The standard InChI is InChI=1S/C12H12ClFN2S/c1-8-16-7-11(17-8)6-15-5-9-4-10(14)2-3-12(9)13/h2-4,7,15H,5-6H2,1H3. The number of aryl methyl sites for hydroxylation is 1. The first-order valence-electron chi connectivity index (χ1n) is 5.21. The predicted molar refractivity (Wildman–Crippen MR) is 68.8 cm³/mol. The summed E-state index contributed by atoms with van der Waals surface area (Å²) in [6.45, 7) is 3.24. The number of hydrogen-bond donors (Lipinski definition) is 1. The molecular formula is C12H12ClFN2S. The van der Waals surface area contributed by atoms with E-state index < -0.39 is 0 Å². The van der Waals surface area contributed by atoms with Gasteiger partial charge in [0, 0.05) is 29.2 Å². The molecule has 0 aliphatic rings. The zero-order valence-corrected chi connectivity index (χ0v) is 10.9. The summed E-state index contributed by atoms with van der Waals surface area (Å²) in [7, 11) is 0. The first kappa shape index (κ1) is 12.5. The number of halogens is 2. The predicted octanol–water partition coefficient (Wildman–Crippen LogP) is 3.53. The van der Waals surface area contributed by atoms with E-state index in [0.29, 0.717) is 11.6 Å². The Bertz CT molecular complexity index is 513. The van der Waals surface area contributed by atoms with E-state index in [0.717, 1.165) is 22.0 Å². The fourth-order valence-corrected chi connectivity index (χ4v) is 2.44. The summed E-state index contributed by atoms with van der Waals surface area (Å²) in [6.07, 6.45) is 1.85. The van der Waals surface area contributed by atoms with Gasteiger partial charge in [-0.2, -0.15) is 0 Å². The van der Waals surface area contributed by atoms with Gasteiger partial charge in [-0.3, -0.25) is 0 Å². The third kappa shape index (κ3) is 3.49. The second-order valence-corrected chi connectivity index (χ2v) is 5.41. The van der Waals surface area contributed by atoms with Crippen LogP contribution in [-0.4, -0.2) is 4.98 Å². The van der Waals surface area contributed by atoms with Crippen molar-refractivity contribution in [3.63, 3.8) is 0 Å². The fraction of sp³-hybridized carbons (Fsp3) is 0.250. The average Bonchev–Trinajstić information content (AvgIpc) is 2.69.